The SMILES string of the molecule is CC/C=C\C/C=C\C/C=C\C/C=C\C/C=C\C/C=C\C/C=C\CCCCCCCC(=O)OCC(COC(=O)CCCCCCCCCCCCCCCCC)OC(=O)CCCCCCCCC/C=C\C/C=C\CCCCC. The average molecular weight is 1070 g/mol. The van der Waals surface area contributed by atoms with E-state index >= 15 is 0 Å². The van der Waals surface area contributed by atoms with Crippen molar-refractivity contribution >= 4 is 17.9 Å². The van der Waals surface area contributed by atoms with E-state index in [0.717, 1.165) is 135 Å². The number of ether oxygens (including phenoxy) is 3. The summed E-state index contributed by atoms with van der Waals surface area (Å²) in [4.78, 5) is 38.3. The maximum atomic E-state index is 12.9. The van der Waals surface area contributed by atoms with Gasteiger partial charge < -0.3 is 14.2 Å². The predicted molar refractivity (Wildman–Crippen MR) is 334 cm³/mol. The second-order valence-corrected chi connectivity index (χ2v) is 21.3. The Hall–Kier alpha value is -3.93. The van der Waals surface area contributed by atoms with Crippen LogP contribution in [0.5, 0.6) is 0 Å². The van der Waals surface area contributed by atoms with E-state index in [1.165, 1.54) is 128 Å². The Bertz CT molecular complexity index is 1560. The van der Waals surface area contributed by atoms with Gasteiger partial charge in [0.15, 0.2) is 6.10 Å². The van der Waals surface area contributed by atoms with E-state index in [0.29, 0.717) is 19.3 Å². The van der Waals surface area contributed by atoms with E-state index in [4.69, 9.17) is 14.2 Å². The van der Waals surface area contributed by atoms with Crippen LogP contribution in [0.15, 0.2) is 109 Å². The maximum absolute atomic E-state index is 12.9. The van der Waals surface area contributed by atoms with E-state index in [-0.39, 0.29) is 31.1 Å². The number of allylic oxidation sites excluding steroid dienone is 18. The lowest BCUT2D eigenvalue weighted by molar-refractivity contribution is -0.167. The van der Waals surface area contributed by atoms with Gasteiger partial charge in [-0.05, 0) is 109 Å². The summed E-state index contributed by atoms with van der Waals surface area (Å²) in [7, 11) is 0. The van der Waals surface area contributed by atoms with Crippen molar-refractivity contribution in [1.29, 1.82) is 0 Å². The van der Waals surface area contributed by atoms with Crippen LogP contribution >= 0.6 is 0 Å². The normalized spacial score (nSPS) is 12.8. The van der Waals surface area contributed by atoms with Crippen LogP contribution in [0.25, 0.3) is 0 Å². The summed E-state index contributed by atoms with van der Waals surface area (Å²) in [6, 6.07) is 0. The quantitative estimate of drug-likeness (QED) is 0.0261. The van der Waals surface area contributed by atoms with Crippen molar-refractivity contribution in [2.24, 2.45) is 0 Å². The average Bonchev–Trinajstić information content (AvgIpc) is 3.43. The van der Waals surface area contributed by atoms with Gasteiger partial charge >= 0.3 is 17.9 Å². The number of carbonyl (C=O) groups excluding carboxylic acids is 3. The van der Waals surface area contributed by atoms with Crippen LogP contribution in [-0.4, -0.2) is 37.2 Å². The summed E-state index contributed by atoms with van der Waals surface area (Å²) >= 11 is 0. The molecule has 0 radical (unpaired) electrons. The molecule has 0 aliphatic heterocycles. The molecule has 0 heterocycles. The zero-order valence-corrected chi connectivity index (χ0v) is 50.4. The number of carbonyl (C=O) groups is 3. The molecule has 1 unspecified atom stereocenters. The van der Waals surface area contributed by atoms with Crippen molar-refractivity contribution in [1.82, 2.24) is 0 Å². The zero-order chi connectivity index (χ0) is 55.7. The minimum Gasteiger partial charge on any atom is -0.462 e. The molecule has 0 N–H and O–H groups in total. The molecule has 0 saturated carbocycles. The van der Waals surface area contributed by atoms with E-state index in [9.17, 15) is 14.4 Å². The molecule has 440 valence electrons. The fourth-order valence-corrected chi connectivity index (χ4v) is 8.92. The number of esters is 3. The van der Waals surface area contributed by atoms with Gasteiger partial charge in [0.1, 0.15) is 13.2 Å². The Morgan fingerprint density at radius 3 is 0.818 bits per heavy atom. The molecular formula is C71H120O6. The smallest absolute Gasteiger partial charge is 0.306 e. The van der Waals surface area contributed by atoms with Crippen molar-refractivity contribution in [2.45, 2.75) is 309 Å². The van der Waals surface area contributed by atoms with Crippen LogP contribution in [-0.2, 0) is 28.6 Å². The first-order chi connectivity index (χ1) is 38.0. The fourth-order valence-electron chi connectivity index (χ4n) is 8.92. The fraction of sp³-hybridized carbons (Fsp3) is 0.704. The molecule has 1 atom stereocenters. The Morgan fingerprint density at radius 1 is 0.273 bits per heavy atom. The summed E-state index contributed by atoms with van der Waals surface area (Å²) in [5.41, 5.74) is 0. The van der Waals surface area contributed by atoms with Crippen LogP contribution < -0.4 is 0 Å². The molecule has 6 nitrogen and oxygen atoms in total. The topological polar surface area (TPSA) is 78.9 Å². The molecule has 0 amide bonds. The molecular weight excluding hydrogens is 949 g/mol. The Labute approximate surface area is 476 Å². The van der Waals surface area contributed by atoms with Gasteiger partial charge in [-0.25, -0.2) is 0 Å². The number of unbranched alkanes of at least 4 members (excludes halogenated alkanes) is 29. The lowest BCUT2D eigenvalue weighted by Gasteiger charge is -2.18. The molecule has 0 aliphatic rings. The molecule has 0 rings (SSSR count). The van der Waals surface area contributed by atoms with Crippen molar-refractivity contribution in [3.05, 3.63) is 109 Å². The Kier molecular flexibility index (Phi) is 61.3. The summed E-state index contributed by atoms with van der Waals surface area (Å²) in [6.45, 7) is 6.50. The zero-order valence-electron chi connectivity index (χ0n) is 50.4. The largest absolute Gasteiger partial charge is 0.462 e. The van der Waals surface area contributed by atoms with E-state index in [1.54, 1.807) is 0 Å². The highest BCUT2D eigenvalue weighted by Crippen LogP contribution is 2.16. The van der Waals surface area contributed by atoms with Crippen LogP contribution in [0.2, 0.25) is 0 Å². The first-order valence-electron chi connectivity index (χ1n) is 32.4. The molecule has 0 spiro atoms. The first-order valence-corrected chi connectivity index (χ1v) is 32.4. The third kappa shape index (κ3) is 62.8. The summed E-state index contributed by atoms with van der Waals surface area (Å²) in [5, 5.41) is 0. The van der Waals surface area contributed by atoms with Gasteiger partial charge in [0.25, 0.3) is 0 Å². The summed E-state index contributed by atoms with van der Waals surface area (Å²) in [6.07, 6.45) is 88.0. The molecule has 6 heteroatoms. The first kappa shape index (κ1) is 73.1. The van der Waals surface area contributed by atoms with Gasteiger partial charge in [-0.2, -0.15) is 0 Å². The van der Waals surface area contributed by atoms with Crippen LogP contribution in [0, 0.1) is 0 Å². The molecule has 0 bridgehead atoms. The third-order valence-corrected chi connectivity index (χ3v) is 13.8. The van der Waals surface area contributed by atoms with Gasteiger partial charge in [-0.15, -0.1) is 0 Å². The summed E-state index contributed by atoms with van der Waals surface area (Å²) < 4.78 is 16.9. The molecule has 0 saturated heterocycles. The number of hydrogen-bond acceptors (Lipinski definition) is 6. The minimum absolute atomic E-state index is 0.0859. The lowest BCUT2D eigenvalue weighted by atomic mass is 10.0. The van der Waals surface area contributed by atoms with E-state index < -0.39 is 6.10 Å². The third-order valence-electron chi connectivity index (χ3n) is 13.8. The lowest BCUT2D eigenvalue weighted by Crippen LogP contribution is -2.30. The van der Waals surface area contributed by atoms with E-state index in [1.807, 2.05) is 0 Å². The van der Waals surface area contributed by atoms with Gasteiger partial charge in [0.05, 0.1) is 0 Å². The number of rotatable bonds is 58. The molecule has 0 aromatic heterocycles. The van der Waals surface area contributed by atoms with Gasteiger partial charge in [-0.3, -0.25) is 14.4 Å². The predicted octanol–water partition coefficient (Wildman–Crippen LogP) is 22.2. The van der Waals surface area contributed by atoms with Gasteiger partial charge in [0.2, 0.25) is 0 Å². The molecule has 0 fully saturated rings. The molecule has 0 aliphatic carbocycles. The molecule has 0 aromatic carbocycles. The number of hydrogen-bond donors (Lipinski definition) is 0. The van der Waals surface area contributed by atoms with Crippen LogP contribution in [0.4, 0.5) is 0 Å². The van der Waals surface area contributed by atoms with Crippen LogP contribution in [0.3, 0.4) is 0 Å². The van der Waals surface area contributed by atoms with Crippen molar-refractivity contribution in [3.63, 3.8) is 0 Å². The van der Waals surface area contributed by atoms with E-state index in [2.05, 4.69) is 130 Å². The highest BCUT2D eigenvalue weighted by atomic mass is 16.6. The van der Waals surface area contributed by atoms with Crippen molar-refractivity contribution in [2.75, 3.05) is 13.2 Å². The summed E-state index contributed by atoms with van der Waals surface area (Å²) in [5.74, 6) is -0.904. The van der Waals surface area contributed by atoms with Gasteiger partial charge in [0, 0.05) is 19.3 Å². The molecule has 77 heavy (non-hydrogen) atoms. The Balaban J connectivity index is 4.40. The van der Waals surface area contributed by atoms with Crippen LogP contribution in [0.1, 0.15) is 303 Å². The second kappa shape index (κ2) is 64.6. The van der Waals surface area contributed by atoms with Gasteiger partial charge in [-0.1, -0.05) is 284 Å². The monoisotopic (exact) mass is 1070 g/mol. The highest BCUT2D eigenvalue weighted by Gasteiger charge is 2.19. The molecule has 0 aromatic rings. The Morgan fingerprint density at radius 2 is 0.506 bits per heavy atom. The standard InChI is InChI=1S/C71H120O6/c1-4-7-10-13-16-19-22-25-28-30-31-32-33-34-35-36-37-38-39-41-43-46-49-52-55-58-61-64-70(73)76-67-68(66-75-69(72)63-60-57-54-51-48-45-42-27-24-21-18-15-12-9-6-3)77-71(74)65-62-59-56-53-50-47-44-40-29-26-23-20-17-14-11-8-5-2/h7,10,16-17,19-20,25-26,28-29,31-32,34-35,37-38,41,43,68H,4-6,8-9,11-15,18,21-24,27,30,33,36,39-40,42,44-67H2,1-3H3/b10-7-,19-16-,20-17-,28-25-,29-26-,32-31-,35-34-,38-37-,43-41-. The second-order valence-electron chi connectivity index (χ2n) is 21.3. The highest BCUT2D eigenvalue weighted by molar-refractivity contribution is 5.71. The van der Waals surface area contributed by atoms with Crippen molar-refractivity contribution < 1.29 is 28.6 Å². The maximum Gasteiger partial charge on any atom is 0.306 e. The minimum atomic E-state index is -0.792. The van der Waals surface area contributed by atoms with Crippen molar-refractivity contribution in [3.8, 4) is 0 Å².